The number of rotatable bonds is 2. The molecule has 90 valence electrons. The number of aromatic nitrogens is 2. The van der Waals surface area contributed by atoms with Gasteiger partial charge in [-0.15, -0.1) is 0 Å². The molecule has 1 unspecified atom stereocenters. The number of ether oxygens (including phenoxy) is 1. The van der Waals surface area contributed by atoms with Gasteiger partial charge in [-0.3, -0.25) is 19.1 Å². The lowest BCUT2D eigenvalue weighted by Gasteiger charge is -1.98. The fraction of sp³-hybridized carbons (Fsp3) is 0.364. The minimum Gasteiger partial charge on any atom is -0.469 e. The Hall–Kier alpha value is -2.11. The molecule has 1 aliphatic rings. The van der Waals surface area contributed by atoms with Crippen LogP contribution in [0.2, 0.25) is 0 Å². The molecule has 0 saturated heterocycles. The van der Waals surface area contributed by atoms with Crippen molar-refractivity contribution in [2.75, 3.05) is 7.11 Å². The molecule has 0 radical (unpaired) electrons. The standard InChI is InChI=1S/C11H12N2O4/c1-6-4-13(11(16)12-9(6)14)5-7-3-8(7)10(15)17-2/h4-5,8H,3H2,1-2H3,(H,12,14,16)/b7-5+. The molecule has 0 bridgehead atoms. The number of hydrogen-bond acceptors (Lipinski definition) is 4. The molecule has 1 aliphatic carbocycles. The van der Waals surface area contributed by atoms with E-state index in [0.29, 0.717) is 12.0 Å². The number of aryl methyl sites for hydroxylation is 1. The van der Waals surface area contributed by atoms with Crippen molar-refractivity contribution >= 4 is 12.2 Å². The SMILES string of the molecule is COC(=O)C1C/C1=C\n1cc(C)c(=O)[nH]c1=O. The van der Waals surface area contributed by atoms with Crippen LogP contribution in [0.3, 0.4) is 0 Å². The second-order valence-electron chi connectivity index (χ2n) is 3.96. The van der Waals surface area contributed by atoms with Crippen LogP contribution in [0, 0.1) is 12.8 Å². The highest BCUT2D eigenvalue weighted by molar-refractivity contribution is 5.82. The summed E-state index contributed by atoms with van der Waals surface area (Å²) in [5, 5.41) is 0. The molecule has 1 atom stereocenters. The first kappa shape index (κ1) is 11.4. The molecule has 17 heavy (non-hydrogen) atoms. The predicted molar refractivity (Wildman–Crippen MR) is 60.5 cm³/mol. The first-order valence-electron chi connectivity index (χ1n) is 5.13. The molecule has 0 aliphatic heterocycles. The minimum atomic E-state index is -0.511. The average Bonchev–Trinajstić information content (AvgIpc) is 3.04. The molecule has 6 heteroatoms. The number of H-pyrrole nitrogens is 1. The first-order valence-corrected chi connectivity index (χ1v) is 5.13. The number of carbonyl (C=O) groups excluding carboxylic acids is 1. The summed E-state index contributed by atoms with van der Waals surface area (Å²) in [6.45, 7) is 1.61. The normalized spacial score (nSPS) is 20.4. The summed E-state index contributed by atoms with van der Waals surface area (Å²) >= 11 is 0. The van der Waals surface area contributed by atoms with E-state index in [1.165, 1.54) is 17.9 Å². The van der Waals surface area contributed by atoms with E-state index in [4.69, 9.17) is 0 Å². The monoisotopic (exact) mass is 236 g/mol. The molecule has 1 aromatic rings. The molecule has 1 aromatic heterocycles. The zero-order chi connectivity index (χ0) is 12.6. The summed E-state index contributed by atoms with van der Waals surface area (Å²) in [5.74, 6) is -0.551. The van der Waals surface area contributed by atoms with Crippen molar-refractivity contribution < 1.29 is 9.53 Å². The number of aromatic amines is 1. The van der Waals surface area contributed by atoms with Crippen LogP contribution in [0.1, 0.15) is 12.0 Å². The zero-order valence-corrected chi connectivity index (χ0v) is 9.52. The van der Waals surface area contributed by atoms with E-state index in [9.17, 15) is 14.4 Å². The van der Waals surface area contributed by atoms with Crippen molar-refractivity contribution in [3.05, 3.63) is 38.2 Å². The van der Waals surface area contributed by atoms with E-state index >= 15 is 0 Å². The van der Waals surface area contributed by atoms with E-state index in [2.05, 4.69) is 9.72 Å². The Morgan fingerprint density at radius 3 is 2.94 bits per heavy atom. The molecule has 0 aromatic carbocycles. The first-order chi connectivity index (χ1) is 8.02. The second kappa shape index (κ2) is 4.04. The van der Waals surface area contributed by atoms with Crippen molar-refractivity contribution in [1.82, 2.24) is 9.55 Å². The van der Waals surface area contributed by atoms with E-state index < -0.39 is 11.2 Å². The molecule has 2 rings (SSSR count). The van der Waals surface area contributed by atoms with Crippen LogP contribution in [0.25, 0.3) is 6.20 Å². The summed E-state index contributed by atoms with van der Waals surface area (Å²) in [6, 6.07) is 0. The maximum atomic E-state index is 11.4. The van der Waals surface area contributed by atoms with Gasteiger partial charge in [-0.25, -0.2) is 4.79 Å². The summed E-state index contributed by atoms with van der Waals surface area (Å²) in [5.41, 5.74) is 0.357. The van der Waals surface area contributed by atoms with Crippen LogP contribution in [0.5, 0.6) is 0 Å². The number of nitrogens with one attached hydrogen (secondary N) is 1. The van der Waals surface area contributed by atoms with E-state index in [1.807, 2.05) is 0 Å². The second-order valence-corrected chi connectivity index (χ2v) is 3.96. The Morgan fingerprint density at radius 2 is 2.29 bits per heavy atom. The Kier molecular flexibility index (Phi) is 2.71. The number of esters is 1. The van der Waals surface area contributed by atoms with Gasteiger partial charge in [-0.1, -0.05) is 0 Å². The number of nitrogens with zero attached hydrogens (tertiary/aromatic N) is 1. The third kappa shape index (κ3) is 2.20. The van der Waals surface area contributed by atoms with Crippen LogP contribution in [0.4, 0.5) is 0 Å². The van der Waals surface area contributed by atoms with Crippen LogP contribution in [0.15, 0.2) is 21.4 Å². The maximum Gasteiger partial charge on any atom is 0.332 e. The van der Waals surface area contributed by atoms with Crippen molar-refractivity contribution in [3.8, 4) is 0 Å². The van der Waals surface area contributed by atoms with E-state index in [-0.39, 0.29) is 11.9 Å². The van der Waals surface area contributed by atoms with Gasteiger partial charge in [0, 0.05) is 18.0 Å². The van der Waals surface area contributed by atoms with Crippen molar-refractivity contribution in [3.63, 3.8) is 0 Å². The van der Waals surface area contributed by atoms with Crippen LogP contribution in [-0.2, 0) is 9.53 Å². The van der Waals surface area contributed by atoms with Crippen LogP contribution in [-0.4, -0.2) is 22.6 Å². The van der Waals surface area contributed by atoms with Crippen LogP contribution < -0.4 is 11.2 Å². The lowest BCUT2D eigenvalue weighted by atomic mass is 10.4. The Labute approximate surface area is 96.5 Å². The molecule has 1 saturated carbocycles. The largest absolute Gasteiger partial charge is 0.469 e. The quantitative estimate of drug-likeness (QED) is 0.726. The van der Waals surface area contributed by atoms with Gasteiger partial charge in [0.2, 0.25) is 0 Å². The van der Waals surface area contributed by atoms with Crippen molar-refractivity contribution in [1.29, 1.82) is 0 Å². The van der Waals surface area contributed by atoms with Gasteiger partial charge >= 0.3 is 11.7 Å². The average molecular weight is 236 g/mol. The summed E-state index contributed by atoms with van der Waals surface area (Å²) < 4.78 is 5.86. The van der Waals surface area contributed by atoms with Gasteiger partial charge in [-0.2, -0.15) is 0 Å². The number of hydrogen-bond donors (Lipinski definition) is 1. The summed E-state index contributed by atoms with van der Waals surface area (Å²) in [6.07, 6.45) is 3.60. The fourth-order valence-electron chi connectivity index (χ4n) is 1.56. The number of carbonyl (C=O) groups is 1. The van der Waals surface area contributed by atoms with Gasteiger partial charge in [0.1, 0.15) is 0 Å². The lowest BCUT2D eigenvalue weighted by Crippen LogP contribution is -2.28. The smallest absolute Gasteiger partial charge is 0.332 e. The molecule has 6 nitrogen and oxygen atoms in total. The topological polar surface area (TPSA) is 81.2 Å². The highest BCUT2D eigenvalue weighted by atomic mass is 16.5. The Balaban J connectivity index is 2.30. The van der Waals surface area contributed by atoms with Crippen molar-refractivity contribution in [2.24, 2.45) is 5.92 Å². The highest BCUT2D eigenvalue weighted by Crippen LogP contribution is 2.38. The highest BCUT2D eigenvalue weighted by Gasteiger charge is 2.37. The Bertz CT molecular complexity index is 609. The van der Waals surface area contributed by atoms with Crippen LogP contribution >= 0.6 is 0 Å². The van der Waals surface area contributed by atoms with Crippen molar-refractivity contribution in [2.45, 2.75) is 13.3 Å². The Morgan fingerprint density at radius 1 is 1.59 bits per heavy atom. The van der Waals surface area contributed by atoms with Gasteiger partial charge in [-0.05, 0) is 18.9 Å². The van der Waals surface area contributed by atoms with Gasteiger partial charge in [0.05, 0.1) is 13.0 Å². The third-order valence-electron chi connectivity index (χ3n) is 2.66. The minimum absolute atomic E-state index is 0.251. The van der Waals surface area contributed by atoms with Gasteiger partial charge in [0.25, 0.3) is 5.56 Å². The van der Waals surface area contributed by atoms with E-state index in [1.54, 1.807) is 13.1 Å². The summed E-state index contributed by atoms with van der Waals surface area (Å²) in [7, 11) is 1.33. The van der Waals surface area contributed by atoms with Gasteiger partial charge < -0.3 is 4.74 Å². The lowest BCUT2D eigenvalue weighted by molar-refractivity contribution is -0.141. The molecule has 1 N–H and O–H groups in total. The van der Waals surface area contributed by atoms with E-state index in [0.717, 1.165) is 5.57 Å². The molecular weight excluding hydrogens is 224 g/mol. The molecule has 1 heterocycles. The predicted octanol–water partition coefficient (Wildman–Crippen LogP) is -0.121. The molecule has 1 fully saturated rings. The number of methoxy groups -OCH3 is 1. The third-order valence-corrected chi connectivity index (χ3v) is 2.66. The molecule has 0 amide bonds. The molecular formula is C11H12N2O4. The zero-order valence-electron chi connectivity index (χ0n) is 9.52. The summed E-state index contributed by atoms with van der Waals surface area (Å²) in [4.78, 5) is 36.0. The van der Waals surface area contributed by atoms with Gasteiger partial charge in [0.15, 0.2) is 0 Å². The fourth-order valence-corrected chi connectivity index (χ4v) is 1.56. The molecule has 0 spiro atoms. The maximum absolute atomic E-state index is 11.4.